The van der Waals surface area contributed by atoms with Gasteiger partial charge in [0.2, 0.25) is 0 Å². The van der Waals surface area contributed by atoms with Crippen molar-refractivity contribution in [1.29, 1.82) is 0 Å². The summed E-state index contributed by atoms with van der Waals surface area (Å²) in [4.78, 5) is 5.05. The zero-order valence-corrected chi connectivity index (χ0v) is 13.7. The van der Waals surface area contributed by atoms with Crippen LogP contribution in [0.1, 0.15) is 59.2 Å². The molecule has 0 bridgehead atoms. The number of aromatic nitrogens is 2. The van der Waals surface area contributed by atoms with E-state index >= 15 is 0 Å². The Morgan fingerprint density at radius 1 is 1.29 bits per heavy atom. The van der Waals surface area contributed by atoms with Crippen LogP contribution in [-0.4, -0.2) is 16.1 Å². The van der Waals surface area contributed by atoms with Gasteiger partial charge < -0.3 is 9.88 Å². The number of fused-ring (bicyclic) bond motifs is 1. The third-order valence-electron chi connectivity index (χ3n) is 4.58. The molecule has 1 saturated heterocycles. The summed E-state index contributed by atoms with van der Waals surface area (Å²) in [7, 11) is 0. The highest BCUT2D eigenvalue weighted by Crippen LogP contribution is 2.38. The van der Waals surface area contributed by atoms with E-state index < -0.39 is 0 Å². The molecule has 1 unspecified atom stereocenters. The summed E-state index contributed by atoms with van der Waals surface area (Å²) in [6.07, 6.45) is 4.78. The van der Waals surface area contributed by atoms with Crippen LogP contribution < -0.4 is 5.32 Å². The second-order valence-corrected chi connectivity index (χ2v) is 7.29. The lowest BCUT2D eigenvalue weighted by Gasteiger charge is -2.34. The minimum absolute atomic E-state index is 0.0381. The summed E-state index contributed by atoms with van der Waals surface area (Å²) in [5, 5.41) is 3.78. The Hall–Kier alpha value is -1.35. The maximum absolute atomic E-state index is 5.05. The average Bonchev–Trinajstić information content (AvgIpc) is 3.02. The van der Waals surface area contributed by atoms with Gasteiger partial charge in [0.05, 0.1) is 16.6 Å². The summed E-state index contributed by atoms with van der Waals surface area (Å²) < 4.78 is 2.45. The van der Waals surface area contributed by atoms with E-state index in [1.54, 1.807) is 0 Å². The van der Waals surface area contributed by atoms with Gasteiger partial charge in [0, 0.05) is 5.54 Å². The van der Waals surface area contributed by atoms with Crippen molar-refractivity contribution < 1.29 is 0 Å². The molecule has 0 radical (unpaired) electrons. The van der Waals surface area contributed by atoms with E-state index in [0.29, 0.717) is 0 Å². The molecule has 1 atom stereocenters. The van der Waals surface area contributed by atoms with Crippen LogP contribution in [0.2, 0.25) is 0 Å². The van der Waals surface area contributed by atoms with Gasteiger partial charge in [0.1, 0.15) is 5.82 Å². The number of imidazole rings is 1. The minimum atomic E-state index is 0.0381. The van der Waals surface area contributed by atoms with Crippen LogP contribution in [0.4, 0.5) is 0 Å². The highest BCUT2D eigenvalue weighted by atomic mass is 15.2. The van der Waals surface area contributed by atoms with Crippen molar-refractivity contribution in [2.24, 2.45) is 0 Å². The van der Waals surface area contributed by atoms with E-state index in [9.17, 15) is 0 Å². The number of nitrogens with zero attached hydrogens (tertiary/aromatic N) is 2. The lowest BCUT2D eigenvalue weighted by molar-refractivity contribution is 0.288. The smallest absolute Gasteiger partial charge is 0.130 e. The van der Waals surface area contributed by atoms with Crippen molar-refractivity contribution in [2.75, 3.05) is 6.54 Å². The van der Waals surface area contributed by atoms with Crippen LogP contribution in [0.25, 0.3) is 11.0 Å². The van der Waals surface area contributed by atoms with Crippen LogP contribution in [0.15, 0.2) is 24.3 Å². The van der Waals surface area contributed by atoms with Gasteiger partial charge >= 0.3 is 0 Å². The quantitative estimate of drug-likeness (QED) is 0.917. The molecule has 21 heavy (non-hydrogen) atoms. The van der Waals surface area contributed by atoms with Crippen LogP contribution in [0.3, 0.4) is 0 Å². The number of rotatable bonds is 3. The molecule has 0 spiro atoms. The predicted molar refractivity (Wildman–Crippen MR) is 88.6 cm³/mol. The summed E-state index contributed by atoms with van der Waals surface area (Å²) >= 11 is 0. The molecule has 2 heterocycles. The van der Waals surface area contributed by atoms with Crippen molar-refractivity contribution in [2.45, 2.75) is 64.5 Å². The first kappa shape index (κ1) is 14.6. The van der Waals surface area contributed by atoms with Crippen molar-refractivity contribution in [3.05, 3.63) is 30.1 Å². The molecule has 3 nitrogen and oxygen atoms in total. The average molecular weight is 285 g/mol. The van der Waals surface area contributed by atoms with Crippen molar-refractivity contribution in [1.82, 2.24) is 14.9 Å². The molecule has 0 aliphatic carbocycles. The van der Waals surface area contributed by atoms with E-state index in [2.05, 4.69) is 61.8 Å². The van der Waals surface area contributed by atoms with Crippen LogP contribution in [0.5, 0.6) is 0 Å². The second-order valence-electron chi connectivity index (χ2n) is 7.29. The van der Waals surface area contributed by atoms with Crippen molar-refractivity contribution in [3.63, 3.8) is 0 Å². The van der Waals surface area contributed by atoms with Gasteiger partial charge in [-0.25, -0.2) is 4.98 Å². The van der Waals surface area contributed by atoms with E-state index in [4.69, 9.17) is 4.98 Å². The molecule has 1 fully saturated rings. The molecule has 1 aromatic carbocycles. The number of hydrogen-bond donors (Lipinski definition) is 1. The van der Waals surface area contributed by atoms with Crippen LogP contribution >= 0.6 is 0 Å². The fourth-order valence-electron chi connectivity index (χ4n) is 3.78. The summed E-state index contributed by atoms with van der Waals surface area (Å²) in [5.41, 5.74) is 2.47. The summed E-state index contributed by atoms with van der Waals surface area (Å²) in [5.74, 6) is 1.23. The monoisotopic (exact) mass is 285 g/mol. The Kier molecular flexibility index (Phi) is 3.56. The number of para-hydroxylation sites is 2. The minimum Gasteiger partial charge on any atom is -0.321 e. The maximum atomic E-state index is 5.05. The number of nitrogens with one attached hydrogen (secondary N) is 1. The van der Waals surface area contributed by atoms with E-state index in [-0.39, 0.29) is 11.1 Å². The first-order valence-corrected chi connectivity index (χ1v) is 8.21. The summed E-state index contributed by atoms with van der Waals surface area (Å²) in [6, 6.07) is 8.53. The Bertz CT molecular complexity index is 627. The van der Waals surface area contributed by atoms with Crippen molar-refractivity contribution in [3.8, 4) is 0 Å². The molecule has 1 aliphatic rings. The van der Waals surface area contributed by atoms with Crippen LogP contribution in [0, 0.1) is 0 Å². The fraction of sp³-hybridized carbons (Fsp3) is 0.611. The topological polar surface area (TPSA) is 29.9 Å². The summed E-state index contributed by atoms with van der Waals surface area (Å²) in [6.45, 7) is 10.2. The first-order valence-electron chi connectivity index (χ1n) is 8.21. The Balaban J connectivity index is 2.26. The molecule has 1 N–H and O–H groups in total. The lowest BCUT2D eigenvalue weighted by atomic mass is 9.90. The number of hydrogen-bond acceptors (Lipinski definition) is 2. The molecule has 1 aromatic heterocycles. The molecule has 0 saturated carbocycles. The third kappa shape index (κ3) is 2.38. The largest absolute Gasteiger partial charge is 0.321 e. The van der Waals surface area contributed by atoms with Gasteiger partial charge in [-0.2, -0.15) is 0 Å². The Labute approximate surface area is 127 Å². The molecule has 3 rings (SSSR count). The molecular weight excluding hydrogens is 258 g/mol. The zero-order chi connectivity index (χ0) is 15.1. The van der Waals surface area contributed by atoms with Gasteiger partial charge in [-0.3, -0.25) is 0 Å². The van der Waals surface area contributed by atoms with E-state index in [1.165, 1.54) is 30.6 Å². The molecule has 2 aromatic rings. The van der Waals surface area contributed by atoms with Gasteiger partial charge in [0.25, 0.3) is 0 Å². The van der Waals surface area contributed by atoms with E-state index in [1.807, 2.05) is 0 Å². The van der Waals surface area contributed by atoms with Gasteiger partial charge in [-0.05, 0) is 58.7 Å². The van der Waals surface area contributed by atoms with E-state index in [0.717, 1.165) is 18.5 Å². The predicted octanol–water partition coefficient (Wildman–Crippen LogP) is 4.17. The molecule has 3 heteroatoms. The maximum Gasteiger partial charge on any atom is 0.130 e. The van der Waals surface area contributed by atoms with Gasteiger partial charge in [-0.1, -0.05) is 25.5 Å². The van der Waals surface area contributed by atoms with Gasteiger partial charge in [0.15, 0.2) is 0 Å². The van der Waals surface area contributed by atoms with Gasteiger partial charge in [-0.15, -0.1) is 0 Å². The lowest BCUT2D eigenvalue weighted by Crippen LogP contribution is -2.42. The number of benzene rings is 1. The SMILES string of the molecule is CCCC1(c2nc3ccccc3n2C(C)(C)C)CCCN1. The molecule has 0 amide bonds. The van der Waals surface area contributed by atoms with Crippen molar-refractivity contribution >= 4 is 11.0 Å². The zero-order valence-electron chi connectivity index (χ0n) is 13.7. The standard InChI is InChI=1S/C18H27N3/c1-5-11-18(12-8-13-19-18)16-20-14-9-6-7-10-15(14)21(16)17(2,3)4/h6-7,9-10,19H,5,8,11-13H2,1-4H3. The molecule has 114 valence electrons. The second kappa shape index (κ2) is 5.13. The fourth-order valence-corrected chi connectivity index (χ4v) is 3.78. The highest BCUT2D eigenvalue weighted by molar-refractivity contribution is 5.76. The third-order valence-corrected chi connectivity index (χ3v) is 4.58. The Morgan fingerprint density at radius 2 is 2.05 bits per heavy atom. The Morgan fingerprint density at radius 3 is 2.67 bits per heavy atom. The molecular formula is C18H27N3. The normalized spacial score (nSPS) is 23.0. The molecule has 1 aliphatic heterocycles. The first-order chi connectivity index (χ1) is 9.98. The highest BCUT2D eigenvalue weighted by Gasteiger charge is 2.40. The van der Waals surface area contributed by atoms with Crippen LogP contribution in [-0.2, 0) is 11.1 Å².